The van der Waals surface area contributed by atoms with Crippen molar-refractivity contribution in [3.05, 3.63) is 22.8 Å². The number of unbranched alkanes of at least 4 members (excludes halogenated alkanes) is 3. The minimum atomic E-state index is 0.321. The Hall–Kier alpha value is -0.520. The zero-order valence-electron chi connectivity index (χ0n) is 13.9. The number of hydrogen-bond acceptors (Lipinski definition) is 0. The summed E-state index contributed by atoms with van der Waals surface area (Å²) in [5, 5.41) is 0. The molecule has 0 bridgehead atoms. The second-order valence-corrected chi connectivity index (χ2v) is 6.66. The molecular weight excluding hydrogens is 228 g/mol. The highest BCUT2D eigenvalue weighted by atomic mass is 14.4. The van der Waals surface area contributed by atoms with Gasteiger partial charge in [0.25, 0.3) is 0 Å². The van der Waals surface area contributed by atoms with E-state index in [-0.39, 0.29) is 0 Å². The van der Waals surface area contributed by atoms with Crippen molar-refractivity contribution in [3.63, 3.8) is 0 Å². The second kappa shape index (κ2) is 7.92. The first-order chi connectivity index (χ1) is 9.06. The molecule has 0 fully saturated rings. The Bertz CT molecular complexity index is 328. The Morgan fingerprint density at radius 1 is 0.789 bits per heavy atom. The summed E-state index contributed by atoms with van der Waals surface area (Å²) in [6.07, 6.45) is 14.5. The molecule has 0 aromatic rings. The molecule has 0 saturated carbocycles. The third-order valence-electron chi connectivity index (χ3n) is 4.43. The monoisotopic (exact) mass is 262 g/mol. The molecular formula is C19H34. The van der Waals surface area contributed by atoms with Crippen LogP contribution in [0.15, 0.2) is 22.8 Å². The molecule has 1 aliphatic rings. The SMILES string of the molecule is CCCCC1=CC(C)(C)C(CCCC)=C1CCCC. The van der Waals surface area contributed by atoms with Gasteiger partial charge in [0.1, 0.15) is 0 Å². The Morgan fingerprint density at radius 3 is 1.89 bits per heavy atom. The number of allylic oxidation sites excluding steroid dienone is 4. The molecule has 0 heteroatoms. The summed E-state index contributed by atoms with van der Waals surface area (Å²) < 4.78 is 0. The lowest BCUT2D eigenvalue weighted by molar-refractivity contribution is 0.544. The van der Waals surface area contributed by atoms with Crippen LogP contribution in [-0.4, -0.2) is 0 Å². The molecule has 110 valence electrons. The van der Waals surface area contributed by atoms with Crippen LogP contribution in [0.4, 0.5) is 0 Å². The molecule has 0 aliphatic heterocycles. The van der Waals surface area contributed by atoms with Gasteiger partial charge in [0, 0.05) is 5.41 Å². The van der Waals surface area contributed by atoms with Crippen molar-refractivity contribution >= 4 is 0 Å². The van der Waals surface area contributed by atoms with Gasteiger partial charge >= 0.3 is 0 Å². The second-order valence-electron chi connectivity index (χ2n) is 6.66. The van der Waals surface area contributed by atoms with Gasteiger partial charge in [-0.2, -0.15) is 0 Å². The molecule has 0 saturated heterocycles. The van der Waals surface area contributed by atoms with Crippen LogP contribution in [-0.2, 0) is 0 Å². The molecule has 0 aromatic carbocycles. The number of rotatable bonds is 9. The normalized spacial score (nSPS) is 18.1. The van der Waals surface area contributed by atoms with E-state index in [1.54, 1.807) is 16.7 Å². The zero-order valence-corrected chi connectivity index (χ0v) is 13.9. The average molecular weight is 262 g/mol. The first-order valence-electron chi connectivity index (χ1n) is 8.51. The summed E-state index contributed by atoms with van der Waals surface area (Å²) >= 11 is 0. The molecule has 19 heavy (non-hydrogen) atoms. The topological polar surface area (TPSA) is 0 Å². The van der Waals surface area contributed by atoms with E-state index in [1.165, 1.54) is 57.8 Å². The van der Waals surface area contributed by atoms with Gasteiger partial charge < -0.3 is 0 Å². The van der Waals surface area contributed by atoms with Gasteiger partial charge in [0.05, 0.1) is 0 Å². The highest BCUT2D eigenvalue weighted by molar-refractivity contribution is 5.47. The van der Waals surface area contributed by atoms with Crippen molar-refractivity contribution in [1.29, 1.82) is 0 Å². The lowest BCUT2D eigenvalue weighted by Crippen LogP contribution is -2.09. The van der Waals surface area contributed by atoms with Crippen LogP contribution < -0.4 is 0 Å². The van der Waals surface area contributed by atoms with Gasteiger partial charge in [-0.15, -0.1) is 0 Å². The van der Waals surface area contributed by atoms with Gasteiger partial charge in [0.15, 0.2) is 0 Å². The van der Waals surface area contributed by atoms with Crippen LogP contribution in [0.5, 0.6) is 0 Å². The van der Waals surface area contributed by atoms with Crippen LogP contribution in [0.1, 0.15) is 92.4 Å². The minimum Gasteiger partial charge on any atom is -0.0713 e. The molecule has 0 nitrogen and oxygen atoms in total. The van der Waals surface area contributed by atoms with Crippen molar-refractivity contribution in [3.8, 4) is 0 Å². The van der Waals surface area contributed by atoms with E-state index >= 15 is 0 Å². The molecule has 0 radical (unpaired) electrons. The van der Waals surface area contributed by atoms with Crippen LogP contribution in [0.2, 0.25) is 0 Å². The van der Waals surface area contributed by atoms with Crippen molar-refractivity contribution < 1.29 is 0 Å². The van der Waals surface area contributed by atoms with Crippen LogP contribution in [0.3, 0.4) is 0 Å². The van der Waals surface area contributed by atoms with Crippen molar-refractivity contribution in [2.24, 2.45) is 5.41 Å². The molecule has 0 N–H and O–H groups in total. The predicted molar refractivity (Wildman–Crippen MR) is 87.5 cm³/mol. The molecule has 0 unspecified atom stereocenters. The summed E-state index contributed by atoms with van der Waals surface area (Å²) in [6, 6.07) is 0. The first kappa shape index (κ1) is 16.5. The van der Waals surface area contributed by atoms with Gasteiger partial charge in [0.2, 0.25) is 0 Å². The molecule has 0 heterocycles. The summed E-state index contributed by atoms with van der Waals surface area (Å²) in [5.74, 6) is 0. The molecule has 0 spiro atoms. The molecule has 0 atom stereocenters. The fraction of sp³-hybridized carbons (Fsp3) is 0.789. The van der Waals surface area contributed by atoms with Gasteiger partial charge in [-0.05, 0) is 49.7 Å². The molecule has 1 rings (SSSR count). The summed E-state index contributed by atoms with van der Waals surface area (Å²) in [7, 11) is 0. The lowest BCUT2D eigenvalue weighted by Gasteiger charge is -2.22. The fourth-order valence-electron chi connectivity index (χ4n) is 3.27. The van der Waals surface area contributed by atoms with E-state index in [4.69, 9.17) is 0 Å². The Balaban J connectivity index is 2.92. The van der Waals surface area contributed by atoms with Crippen LogP contribution in [0.25, 0.3) is 0 Å². The Labute approximate surface area is 121 Å². The summed E-state index contributed by atoms with van der Waals surface area (Å²) in [6.45, 7) is 11.8. The highest BCUT2D eigenvalue weighted by Gasteiger charge is 2.30. The van der Waals surface area contributed by atoms with Crippen molar-refractivity contribution in [2.75, 3.05) is 0 Å². The van der Waals surface area contributed by atoms with Gasteiger partial charge in [-0.3, -0.25) is 0 Å². The van der Waals surface area contributed by atoms with E-state index in [2.05, 4.69) is 40.7 Å². The van der Waals surface area contributed by atoms with E-state index in [9.17, 15) is 0 Å². The predicted octanol–water partition coefficient (Wildman–Crippen LogP) is 6.82. The number of hydrogen-bond donors (Lipinski definition) is 0. The molecule has 0 amide bonds. The van der Waals surface area contributed by atoms with E-state index in [1.807, 2.05) is 0 Å². The molecule has 0 aromatic heterocycles. The third-order valence-corrected chi connectivity index (χ3v) is 4.43. The third kappa shape index (κ3) is 4.51. The summed E-state index contributed by atoms with van der Waals surface area (Å²) in [5.41, 5.74) is 5.51. The van der Waals surface area contributed by atoms with Crippen LogP contribution >= 0.6 is 0 Å². The van der Waals surface area contributed by atoms with Crippen molar-refractivity contribution in [1.82, 2.24) is 0 Å². The minimum absolute atomic E-state index is 0.321. The molecule has 1 aliphatic carbocycles. The Kier molecular flexibility index (Phi) is 6.89. The summed E-state index contributed by atoms with van der Waals surface area (Å²) in [4.78, 5) is 0. The van der Waals surface area contributed by atoms with Crippen molar-refractivity contribution in [2.45, 2.75) is 92.4 Å². The zero-order chi connectivity index (χ0) is 14.3. The quantitative estimate of drug-likeness (QED) is 0.427. The first-order valence-corrected chi connectivity index (χ1v) is 8.51. The lowest BCUT2D eigenvalue weighted by atomic mass is 9.82. The average Bonchev–Trinajstić information content (AvgIpc) is 2.61. The van der Waals surface area contributed by atoms with E-state index in [0.29, 0.717) is 5.41 Å². The Morgan fingerprint density at radius 2 is 1.32 bits per heavy atom. The maximum absolute atomic E-state index is 2.58. The largest absolute Gasteiger partial charge is 0.0713 e. The van der Waals surface area contributed by atoms with Gasteiger partial charge in [-0.1, -0.05) is 65.5 Å². The highest BCUT2D eigenvalue weighted by Crippen LogP contribution is 2.46. The maximum Gasteiger partial charge on any atom is 0.00460 e. The smallest absolute Gasteiger partial charge is 0.00460 e. The standard InChI is InChI=1S/C19H34/c1-6-9-12-16-15-19(4,5)18(14-11-8-3)17(16)13-10-7-2/h15H,6-14H2,1-5H3. The van der Waals surface area contributed by atoms with Crippen LogP contribution in [0, 0.1) is 5.41 Å². The fourth-order valence-corrected chi connectivity index (χ4v) is 3.27. The van der Waals surface area contributed by atoms with E-state index in [0.717, 1.165) is 0 Å². The maximum atomic E-state index is 2.58. The van der Waals surface area contributed by atoms with Gasteiger partial charge in [-0.25, -0.2) is 0 Å². The van der Waals surface area contributed by atoms with E-state index < -0.39 is 0 Å².